The van der Waals surface area contributed by atoms with Gasteiger partial charge < -0.3 is 24.9 Å². The first kappa shape index (κ1) is 14.5. The Hall–Kier alpha value is -0.540. The molecule has 0 amide bonds. The largest absolute Gasteiger partial charge is 0.527 e. The van der Waals surface area contributed by atoms with Crippen molar-refractivity contribution in [1.82, 2.24) is 0 Å². The smallest absolute Gasteiger partial charge is 0.394 e. The zero-order valence-corrected chi connectivity index (χ0v) is 8.19. The Bertz CT molecular complexity index is 259. The van der Waals surface area contributed by atoms with Crippen LogP contribution in [0.1, 0.15) is 0 Å². The van der Waals surface area contributed by atoms with E-state index in [0.717, 1.165) is 0 Å². The molecule has 0 rings (SSSR count). The molecule has 6 N–H and O–H groups in total. The number of hydrogen-bond acceptors (Lipinski definition) is 7. The van der Waals surface area contributed by atoms with Crippen molar-refractivity contribution in [3.05, 3.63) is 0 Å². The van der Waals surface area contributed by atoms with Crippen molar-refractivity contribution in [3.8, 4) is 0 Å². The molecule has 90 valence electrons. The van der Waals surface area contributed by atoms with Crippen LogP contribution < -0.4 is 0 Å². The first-order valence-corrected chi connectivity index (χ1v) is 5.16. The second-order valence-corrected chi connectivity index (χ2v) is 3.75. The molecule has 0 spiro atoms. The minimum absolute atomic E-state index is 0.943. The Morgan fingerprint density at radius 2 is 1.73 bits per heavy atom. The molecule has 15 heavy (non-hydrogen) atoms. The Morgan fingerprint density at radius 3 is 2.07 bits per heavy atom. The molecule has 0 radical (unpaired) electrons. The van der Waals surface area contributed by atoms with Gasteiger partial charge in [0.15, 0.2) is 6.10 Å². The molecular weight excluding hydrogens is 235 g/mol. The van der Waals surface area contributed by atoms with Crippen LogP contribution in [0.4, 0.5) is 0 Å². The Balaban J connectivity index is 4.38. The summed E-state index contributed by atoms with van der Waals surface area (Å²) in [7, 11) is -5.12. The van der Waals surface area contributed by atoms with Crippen molar-refractivity contribution >= 4 is 13.8 Å². The number of phosphoric acid groups is 1. The maximum absolute atomic E-state index is 10.7. The van der Waals surface area contributed by atoms with Crippen molar-refractivity contribution in [2.45, 2.75) is 18.3 Å². The van der Waals surface area contributed by atoms with E-state index >= 15 is 0 Å². The molecule has 3 atom stereocenters. The number of phosphoric ester groups is 1. The normalized spacial score (nSPS) is 18.0. The molecule has 0 aromatic rings. The standard InChI is InChI=1S/C5H11O9P/c6-1-2(7)3(8)4(9)5(10)14-15(11,12)13/h2-4,6-9H,1H2,(H2,11,12,13)/t2-,3+,4-/m1/s1. The van der Waals surface area contributed by atoms with Gasteiger partial charge >= 0.3 is 13.8 Å². The zero-order valence-electron chi connectivity index (χ0n) is 7.29. The minimum atomic E-state index is -5.12. The highest BCUT2D eigenvalue weighted by Gasteiger charge is 2.34. The van der Waals surface area contributed by atoms with Crippen molar-refractivity contribution in [1.29, 1.82) is 0 Å². The summed E-state index contributed by atoms with van der Waals surface area (Å²) in [6, 6.07) is 0. The number of carbonyl (C=O) groups excluding carboxylic acids is 1. The lowest BCUT2D eigenvalue weighted by Crippen LogP contribution is -2.44. The summed E-state index contributed by atoms with van der Waals surface area (Å²) in [6.45, 7) is -0.943. The van der Waals surface area contributed by atoms with E-state index in [1.54, 1.807) is 0 Å². The second kappa shape index (κ2) is 5.52. The summed E-state index contributed by atoms with van der Waals surface area (Å²) in [5, 5.41) is 35.0. The van der Waals surface area contributed by atoms with E-state index in [4.69, 9.17) is 30.2 Å². The Kier molecular flexibility index (Phi) is 5.32. The first-order chi connectivity index (χ1) is 6.69. The fraction of sp³-hybridized carbons (Fsp3) is 0.800. The molecule has 0 bridgehead atoms. The van der Waals surface area contributed by atoms with Crippen LogP contribution in [-0.2, 0) is 13.9 Å². The minimum Gasteiger partial charge on any atom is -0.394 e. The average Bonchev–Trinajstić information content (AvgIpc) is 2.11. The van der Waals surface area contributed by atoms with Gasteiger partial charge in [-0.3, -0.25) is 9.79 Å². The molecule has 0 saturated heterocycles. The van der Waals surface area contributed by atoms with Gasteiger partial charge in [-0.1, -0.05) is 0 Å². The van der Waals surface area contributed by atoms with Crippen LogP contribution in [-0.4, -0.2) is 61.1 Å². The second-order valence-electron chi connectivity index (χ2n) is 2.59. The number of aliphatic hydroxyl groups excluding tert-OH is 4. The molecule has 0 aliphatic rings. The van der Waals surface area contributed by atoms with Crippen LogP contribution in [0, 0.1) is 0 Å². The van der Waals surface area contributed by atoms with Gasteiger partial charge in [0.1, 0.15) is 12.2 Å². The predicted octanol–water partition coefficient (Wildman–Crippen LogP) is -3.30. The molecule has 0 fully saturated rings. The maximum atomic E-state index is 10.7. The summed E-state index contributed by atoms with van der Waals surface area (Å²) < 4.78 is 13.6. The molecule has 0 aromatic carbocycles. The monoisotopic (exact) mass is 246 g/mol. The summed E-state index contributed by atoms with van der Waals surface area (Å²) in [4.78, 5) is 27.1. The molecule has 0 aliphatic heterocycles. The van der Waals surface area contributed by atoms with Crippen LogP contribution >= 0.6 is 7.82 Å². The van der Waals surface area contributed by atoms with Crippen LogP contribution in [0.5, 0.6) is 0 Å². The van der Waals surface area contributed by atoms with Crippen LogP contribution in [0.25, 0.3) is 0 Å². The zero-order chi connectivity index (χ0) is 12.2. The van der Waals surface area contributed by atoms with Gasteiger partial charge in [0.2, 0.25) is 0 Å². The number of carbonyl (C=O) groups is 1. The topological polar surface area (TPSA) is 165 Å². The predicted molar refractivity (Wildman–Crippen MR) is 43.2 cm³/mol. The van der Waals surface area contributed by atoms with Gasteiger partial charge in [0.25, 0.3) is 0 Å². The van der Waals surface area contributed by atoms with Gasteiger partial charge in [-0.25, -0.2) is 9.36 Å². The molecule has 0 saturated carbocycles. The molecular formula is C5H11O9P. The highest BCUT2D eigenvalue weighted by Crippen LogP contribution is 2.36. The third kappa shape index (κ3) is 5.19. The molecule has 0 aromatic heterocycles. The number of rotatable bonds is 5. The summed E-state index contributed by atoms with van der Waals surface area (Å²) in [5.41, 5.74) is 0. The lowest BCUT2D eigenvalue weighted by atomic mass is 10.1. The summed E-state index contributed by atoms with van der Waals surface area (Å²) in [5.74, 6) is -1.80. The van der Waals surface area contributed by atoms with Gasteiger partial charge in [0, 0.05) is 0 Å². The Morgan fingerprint density at radius 1 is 1.27 bits per heavy atom. The van der Waals surface area contributed by atoms with E-state index < -0.39 is 38.7 Å². The van der Waals surface area contributed by atoms with E-state index in [1.165, 1.54) is 0 Å². The fourth-order valence-electron chi connectivity index (χ4n) is 0.629. The molecule has 0 heterocycles. The third-order valence-corrected chi connectivity index (χ3v) is 1.77. The fourth-order valence-corrected chi connectivity index (χ4v) is 0.971. The molecule has 9 nitrogen and oxygen atoms in total. The molecule has 0 aliphatic carbocycles. The van der Waals surface area contributed by atoms with Crippen molar-refractivity contribution < 1.29 is 44.1 Å². The molecule has 10 heteroatoms. The third-order valence-electron chi connectivity index (χ3n) is 1.36. The molecule has 0 unspecified atom stereocenters. The highest BCUT2D eigenvalue weighted by molar-refractivity contribution is 7.46. The van der Waals surface area contributed by atoms with Crippen molar-refractivity contribution in [3.63, 3.8) is 0 Å². The van der Waals surface area contributed by atoms with Crippen LogP contribution in [0.3, 0.4) is 0 Å². The van der Waals surface area contributed by atoms with Gasteiger partial charge in [-0.05, 0) is 0 Å². The average molecular weight is 246 g/mol. The van der Waals surface area contributed by atoms with Crippen molar-refractivity contribution in [2.75, 3.05) is 6.61 Å². The SMILES string of the molecule is O=C(OP(=O)(O)O)[C@H](O)[C@@H](O)[C@H](O)CO. The van der Waals surface area contributed by atoms with E-state index in [0.29, 0.717) is 0 Å². The van der Waals surface area contributed by atoms with Crippen LogP contribution in [0.15, 0.2) is 0 Å². The van der Waals surface area contributed by atoms with E-state index in [1.807, 2.05) is 0 Å². The van der Waals surface area contributed by atoms with Crippen LogP contribution in [0.2, 0.25) is 0 Å². The Labute approximate surface area is 83.8 Å². The quantitative estimate of drug-likeness (QED) is 0.272. The van der Waals surface area contributed by atoms with Gasteiger partial charge in [-0.2, -0.15) is 0 Å². The van der Waals surface area contributed by atoms with Gasteiger partial charge in [0.05, 0.1) is 6.61 Å². The number of aliphatic hydroxyl groups is 4. The number of hydrogen-bond donors (Lipinski definition) is 6. The summed E-state index contributed by atoms with van der Waals surface area (Å²) in [6.07, 6.45) is -6.29. The van der Waals surface area contributed by atoms with E-state index in [9.17, 15) is 9.36 Å². The highest BCUT2D eigenvalue weighted by atomic mass is 31.2. The van der Waals surface area contributed by atoms with E-state index in [-0.39, 0.29) is 0 Å². The first-order valence-electron chi connectivity index (χ1n) is 3.63. The maximum Gasteiger partial charge on any atom is 0.527 e. The van der Waals surface area contributed by atoms with E-state index in [2.05, 4.69) is 4.52 Å². The lowest BCUT2D eigenvalue weighted by molar-refractivity contribution is -0.157. The van der Waals surface area contributed by atoms with Gasteiger partial charge in [-0.15, -0.1) is 0 Å². The lowest BCUT2D eigenvalue weighted by Gasteiger charge is -2.19. The van der Waals surface area contributed by atoms with Crippen molar-refractivity contribution in [2.24, 2.45) is 0 Å². The summed E-state index contributed by atoms with van der Waals surface area (Å²) >= 11 is 0.